The normalized spacial score (nSPS) is 21.6. The number of piperidine rings is 1. The first-order valence-electron chi connectivity index (χ1n) is 12.2. The molecule has 1 unspecified atom stereocenters. The number of fused-ring (bicyclic) bond motifs is 3. The topological polar surface area (TPSA) is 96.2 Å². The van der Waals surface area contributed by atoms with Crippen molar-refractivity contribution in [1.82, 2.24) is 29.7 Å². The zero-order valence-electron chi connectivity index (χ0n) is 18.8. The molecule has 5 heterocycles. The highest BCUT2D eigenvalue weighted by atomic mass is 16.2. The number of imidazole rings is 1. The molecule has 0 bridgehead atoms. The van der Waals surface area contributed by atoms with E-state index in [2.05, 4.69) is 24.8 Å². The first kappa shape index (κ1) is 21.2. The Balaban J connectivity index is 1.21. The molecule has 2 aromatic rings. The largest absolute Gasteiger partial charge is 0.356 e. The standard InChI is InChI=1S/C23H33N7O2/c31-19-9-5-11-28(19)13-6-10-24-23(32)17-7-4-12-29(15-17)21-20-22(26-16-25-21)30-14-3-1-2-8-18(30)27-20/h16-17H,1-15H2,(H,24,32). The van der Waals surface area contributed by atoms with Gasteiger partial charge in [0.25, 0.3) is 0 Å². The lowest BCUT2D eigenvalue weighted by atomic mass is 9.97. The maximum atomic E-state index is 12.8. The molecule has 2 amide bonds. The van der Waals surface area contributed by atoms with Gasteiger partial charge in [0.05, 0.1) is 5.92 Å². The molecule has 2 aromatic heterocycles. The summed E-state index contributed by atoms with van der Waals surface area (Å²) in [6.07, 6.45) is 10.5. The summed E-state index contributed by atoms with van der Waals surface area (Å²) in [4.78, 5) is 42.7. The van der Waals surface area contributed by atoms with E-state index >= 15 is 0 Å². The number of nitrogens with one attached hydrogen (secondary N) is 1. The van der Waals surface area contributed by atoms with Gasteiger partial charge in [-0.05, 0) is 38.5 Å². The van der Waals surface area contributed by atoms with Crippen LogP contribution in [0.1, 0.15) is 57.2 Å². The van der Waals surface area contributed by atoms with Gasteiger partial charge in [-0.2, -0.15) is 0 Å². The van der Waals surface area contributed by atoms with Crippen LogP contribution in [0.4, 0.5) is 5.82 Å². The summed E-state index contributed by atoms with van der Waals surface area (Å²) < 4.78 is 2.26. The second-order valence-corrected chi connectivity index (χ2v) is 9.27. The highest BCUT2D eigenvalue weighted by Gasteiger charge is 2.29. The van der Waals surface area contributed by atoms with Gasteiger partial charge < -0.3 is 19.7 Å². The Kier molecular flexibility index (Phi) is 6.23. The van der Waals surface area contributed by atoms with Crippen LogP contribution >= 0.6 is 0 Å². The Morgan fingerprint density at radius 3 is 2.88 bits per heavy atom. The number of rotatable bonds is 6. The third-order valence-electron chi connectivity index (χ3n) is 7.04. The van der Waals surface area contributed by atoms with E-state index in [0.717, 1.165) is 87.5 Å². The average Bonchev–Trinajstić information content (AvgIpc) is 3.30. The second kappa shape index (κ2) is 9.42. The predicted octanol–water partition coefficient (Wildman–Crippen LogP) is 1.90. The first-order chi connectivity index (χ1) is 15.7. The number of aromatic nitrogens is 4. The molecule has 0 aliphatic carbocycles. The van der Waals surface area contributed by atoms with Crippen molar-refractivity contribution in [3.05, 3.63) is 12.2 Å². The first-order valence-corrected chi connectivity index (χ1v) is 12.2. The summed E-state index contributed by atoms with van der Waals surface area (Å²) in [6.45, 7) is 4.72. The van der Waals surface area contributed by atoms with Crippen molar-refractivity contribution < 1.29 is 9.59 Å². The molecule has 32 heavy (non-hydrogen) atoms. The molecule has 1 N–H and O–H groups in total. The van der Waals surface area contributed by atoms with E-state index in [1.165, 1.54) is 12.8 Å². The van der Waals surface area contributed by atoms with Crippen LogP contribution in [0, 0.1) is 5.92 Å². The van der Waals surface area contributed by atoms with Crippen LogP contribution in [0.15, 0.2) is 6.33 Å². The Bertz CT molecular complexity index is 988. The number of hydrogen-bond acceptors (Lipinski definition) is 6. The van der Waals surface area contributed by atoms with Gasteiger partial charge in [0.1, 0.15) is 12.2 Å². The van der Waals surface area contributed by atoms with Crippen LogP contribution in [0.2, 0.25) is 0 Å². The lowest BCUT2D eigenvalue weighted by Crippen LogP contribution is -2.44. The molecule has 172 valence electrons. The van der Waals surface area contributed by atoms with Crippen LogP contribution in [0.25, 0.3) is 11.2 Å². The molecule has 3 aliphatic rings. The van der Waals surface area contributed by atoms with Crippen molar-refractivity contribution in [1.29, 1.82) is 0 Å². The van der Waals surface area contributed by atoms with Crippen molar-refractivity contribution in [2.24, 2.45) is 5.92 Å². The molecule has 3 aliphatic heterocycles. The molecule has 2 fully saturated rings. The van der Waals surface area contributed by atoms with Crippen LogP contribution in [-0.4, -0.2) is 69.0 Å². The highest BCUT2D eigenvalue weighted by Crippen LogP contribution is 2.29. The van der Waals surface area contributed by atoms with E-state index in [1.807, 2.05) is 4.90 Å². The molecule has 2 saturated heterocycles. The Labute approximate surface area is 188 Å². The van der Waals surface area contributed by atoms with Crippen molar-refractivity contribution in [3.8, 4) is 0 Å². The van der Waals surface area contributed by atoms with E-state index < -0.39 is 0 Å². The number of carbonyl (C=O) groups is 2. The summed E-state index contributed by atoms with van der Waals surface area (Å²) in [5, 5.41) is 3.09. The van der Waals surface area contributed by atoms with Crippen molar-refractivity contribution >= 4 is 28.8 Å². The van der Waals surface area contributed by atoms with Crippen LogP contribution in [0.3, 0.4) is 0 Å². The van der Waals surface area contributed by atoms with Gasteiger partial charge in [-0.25, -0.2) is 15.0 Å². The summed E-state index contributed by atoms with van der Waals surface area (Å²) >= 11 is 0. The fourth-order valence-electron chi connectivity index (χ4n) is 5.31. The number of nitrogens with zero attached hydrogens (tertiary/aromatic N) is 6. The van der Waals surface area contributed by atoms with Gasteiger partial charge in [0.15, 0.2) is 17.0 Å². The molecular formula is C23H33N7O2. The smallest absolute Gasteiger partial charge is 0.224 e. The van der Waals surface area contributed by atoms with E-state index in [9.17, 15) is 9.59 Å². The second-order valence-electron chi connectivity index (χ2n) is 9.27. The summed E-state index contributed by atoms with van der Waals surface area (Å²) in [6, 6.07) is 0. The molecule has 9 heteroatoms. The quantitative estimate of drug-likeness (QED) is 0.691. The SMILES string of the molecule is O=C(NCCCN1CCCC1=O)C1CCCN(c2ncnc3c2nc2n3CCCCC2)C1. The van der Waals surface area contributed by atoms with Crippen LogP contribution < -0.4 is 10.2 Å². The van der Waals surface area contributed by atoms with Crippen molar-refractivity contribution in [2.75, 3.05) is 37.6 Å². The molecule has 0 spiro atoms. The summed E-state index contributed by atoms with van der Waals surface area (Å²) in [5.74, 6) is 2.27. The Morgan fingerprint density at radius 1 is 1.06 bits per heavy atom. The Morgan fingerprint density at radius 2 is 2.00 bits per heavy atom. The van der Waals surface area contributed by atoms with Gasteiger partial charge >= 0.3 is 0 Å². The minimum Gasteiger partial charge on any atom is -0.356 e. The zero-order chi connectivity index (χ0) is 21.9. The highest BCUT2D eigenvalue weighted by molar-refractivity contribution is 5.85. The number of hydrogen-bond donors (Lipinski definition) is 1. The van der Waals surface area contributed by atoms with Crippen LogP contribution in [0.5, 0.6) is 0 Å². The molecule has 0 radical (unpaired) electrons. The van der Waals surface area contributed by atoms with Crippen LogP contribution in [-0.2, 0) is 22.6 Å². The van der Waals surface area contributed by atoms with E-state index in [0.29, 0.717) is 19.5 Å². The molecule has 5 rings (SSSR count). The van der Waals surface area contributed by atoms with Gasteiger partial charge in [-0.3, -0.25) is 9.59 Å². The van der Waals surface area contributed by atoms with E-state index in [1.54, 1.807) is 6.33 Å². The van der Waals surface area contributed by atoms with Gasteiger partial charge in [0.2, 0.25) is 11.8 Å². The molecule has 1 atom stereocenters. The average molecular weight is 440 g/mol. The third kappa shape index (κ3) is 4.29. The van der Waals surface area contributed by atoms with Crippen molar-refractivity contribution in [3.63, 3.8) is 0 Å². The predicted molar refractivity (Wildman–Crippen MR) is 121 cm³/mol. The molecule has 9 nitrogen and oxygen atoms in total. The molecule has 0 aromatic carbocycles. The maximum Gasteiger partial charge on any atom is 0.224 e. The summed E-state index contributed by atoms with van der Waals surface area (Å²) in [5.41, 5.74) is 1.80. The number of aryl methyl sites for hydroxylation is 2. The van der Waals surface area contributed by atoms with E-state index in [4.69, 9.17) is 4.98 Å². The number of amides is 2. The van der Waals surface area contributed by atoms with E-state index in [-0.39, 0.29) is 17.7 Å². The fraction of sp³-hybridized carbons (Fsp3) is 0.696. The molecular weight excluding hydrogens is 406 g/mol. The third-order valence-corrected chi connectivity index (χ3v) is 7.04. The number of carbonyl (C=O) groups excluding carboxylic acids is 2. The Hall–Kier alpha value is -2.71. The zero-order valence-corrected chi connectivity index (χ0v) is 18.8. The molecule has 0 saturated carbocycles. The van der Waals surface area contributed by atoms with Gasteiger partial charge in [0, 0.05) is 52.1 Å². The van der Waals surface area contributed by atoms with Crippen molar-refractivity contribution in [2.45, 2.75) is 64.3 Å². The minimum absolute atomic E-state index is 0.0531. The van der Waals surface area contributed by atoms with Gasteiger partial charge in [-0.15, -0.1) is 0 Å². The lowest BCUT2D eigenvalue weighted by Gasteiger charge is -2.32. The summed E-state index contributed by atoms with van der Waals surface area (Å²) in [7, 11) is 0. The van der Waals surface area contributed by atoms with Gasteiger partial charge in [-0.1, -0.05) is 6.42 Å². The minimum atomic E-state index is -0.0531. The monoisotopic (exact) mass is 439 g/mol. The maximum absolute atomic E-state index is 12.8. The fourth-order valence-corrected chi connectivity index (χ4v) is 5.31. The number of likely N-dealkylation sites (tertiary alicyclic amines) is 1. The lowest BCUT2D eigenvalue weighted by molar-refractivity contribution is -0.127. The number of anilines is 1.